The normalized spacial score (nSPS) is 24.3. The molecular weight excluding hydrogens is 224 g/mol. The Balaban J connectivity index is 2.95. The van der Waals surface area contributed by atoms with Crippen molar-refractivity contribution in [2.45, 2.75) is 6.04 Å². The maximum Gasteiger partial charge on any atom is 0.324 e. The molecule has 0 bridgehead atoms. The van der Waals surface area contributed by atoms with Crippen LogP contribution in [0.4, 0.5) is 0 Å². The van der Waals surface area contributed by atoms with Gasteiger partial charge in [-0.15, -0.1) is 0 Å². The number of ether oxygens (including phenoxy) is 1. The van der Waals surface area contributed by atoms with Gasteiger partial charge in [0.05, 0.1) is 13.2 Å². The molecule has 1 unspecified atom stereocenters. The molecule has 8 heteroatoms. The van der Waals surface area contributed by atoms with E-state index in [1.54, 1.807) is 0 Å². The van der Waals surface area contributed by atoms with E-state index in [0.717, 1.165) is 8.61 Å². The van der Waals surface area contributed by atoms with Gasteiger partial charge in [-0.25, -0.2) is 0 Å². The maximum absolute atomic E-state index is 11.7. The van der Waals surface area contributed by atoms with E-state index >= 15 is 0 Å². The number of aliphatic carboxylic acids is 1. The van der Waals surface area contributed by atoms with Gasteiger partial charge in [0.25, 0.3) is 10.2 Å². The Kier molecular flexibility index (Phi) is 3.66. The van der Waals surface area contributed by atoms with Crippen LogP contribution in [0.1, 0.15) is 0 Å². The van der Waals surface area contributed by atoms with Crippen molar-refractivity contribution in [1.29, 1.82) is 0 Å². The van der Waals surface area contributed by atoms with E-state index in [0.29, 0.717) is 0 Å². The molecule has 1 aliphatic heterocycles. The minimum atomic E-state index is -3.69. The van der Waals surface area contributed by atoms with E-state index in [2.05, 4.69) is 0 Å². The number of morpholine rings is 1. The summed E-state index contributed by atoms with van der Waals surface area (Å²) in [6.07, 6.45) is 0. The Labute approximate surface area is 88.4 Å². The van der Waals surface area contributed by atoms with Crippen molar-refractivity contribution in [2.75, 3.05) is 33.9 Å². The third-order valence-corrected chi connectivity index (χ3v) is 4.07. The Morgan fingerprint density at radius 1 is 1.53 bits per heavy atom. The lowest BCUT2D eigenvalue weighted by atomic mass is 10.3. The largest absolute Gasteiger partial charge is 0.480 e. The molecule has 0 aromatic carbocycles. The van der Waals surface area contributed by atoms with E-state index < -0.39 is 22.2 Å². The Hall–Kier alpha value is -0.700. The van der Waals surface area contributed by atoms with Gasteiger partial charge in [0.1, 0.15) is 6.04 Å². The highest BCUT2D eigenvalue weighted by Gasteiger charge is 2.38. The SMILES string of the molecule is CN(C)S(=O)(=O)N1CCOCC1C(=O)O. The molecule has 0 radical (unpaired) electrons. The summed E-state index contributed by atoms with van der Waals surface area (Å²) >= 11 is 0. The predicted molar refractivity (Wildman–Crippen MR) is 51.6 cm³/mol. The fourth-order valence-electron chi connectivity index (χ4n) is 1.27. The predicted octanol–water partition coefficient (Wildman–Crippen LogP) is -1.42. The van der Waals surface area contributed by atoms with Gasteiger partial charge in [0.15, 0.2) is 0 Å². The molecule has 1 heterocycles. The summed E-state index contributed by atoms with van der Waals surface area (Å²) in [6, 6.07) is -1.13. The van der Waals surface area contributed by atoms with Gasteiger partial charge in [0, 0.05) is 20.6 Å². The summed E-state index contributed by atoms with van der Waals surface area (Å²) in [6.45, 7) is 0.177. The topological polar surface area (TPSA) is 87.2 Å². The molecule has 15 heavy (non-hydrogen) atoms. The van der Waals surface area contributed by atoms with E-state index in [4.69, 9.17) is 9.84 Å². The highest BCUT2D eigenvalue weighted by atomic mass is 32.2. The van der Waals surface area contributed by atoms with Crippen molar-refractivity contribution in [3.63, 3.8) is 0 Å². The molecule has 1 aliphatic rings. The van der Waals surface area contributed by atoms with Crippen molar-refractivity contribution in [3.05, 3.63) is 0 Å². The van der Waals surface area contributed by atoms with Gasteiger partial charge >= 0.3 is 5.97 Å². The highest BCUT2D eigenvalue weighted by molar-refractivity contribution is 7.86. The van der Waals surface area contributed by atoms with Crippen molar-refractivity contribution in [3.8, 4) is 0 Å². The molecule has 1 rings (SSSR count). The van der Waals surface area contributed by atoms with Crippen LogP contribution in [0.2, 0.25) is 0 Å². The van der Waals surface area contributed by atoms with Crippen LogP contribution in [0, 0.1) is 0 Å². The number of carboxylic acids is 1. The standard InChI is InChI=1S/C7H14N2O5S/c1-8(2)15(12,13)9-3-4-14-5-6(9)7(10)11/h6H,3-5H2,1-2H3,(H,10,11). The van der Waals surface area contributed by atoms with Gasteiger partial charge in [-0.1, -0.05) is 0 Å². The fraction of sp³-hybridized carbons (Fsp3) is 0.857. The van der Waals surface area contributed by atoms with Gasteiger partial charge < -0.3 is 9.84 Å². The Bertz CT molecular complexity index is 339. The molecule has 1 atom stereocenters. The minimum absolute atomic E-state index is 0.0669. The van der Waals surface area contributed by atoms with Gasteiger partial charge in [-0.05, 0) is 0 Å². The number of hydrogen-bond acceptors (Lipinski definition) is 4. The molecule has 0 saturated carbocycles. The van der Waals surface area contributed by atoms with Crippen LogP contribution in [0.5, 0.6) is 0 Å². The summed E-state index contributed by atoms with van der Waals surface area (Å²) in [5.74, 6) is -1.19. The van der Waals surface area contributed by atoms with E-state index in [1.165, 1.54) is 14.1 Å². The third kappa shape index (κ3) is 2.46. The smallest absolute Gasteiger partial charge is 0.324 e. The van der Waals surface area contributed by atoms with Crippen LogP contribution >= 0.6 is 0 Å². The Morgan fingerprint density at radius 3 is 2.60 bits per heavy atom. The van der Waals surface area contributed by atoms with E-state index in [1.807, 2.05) is 0 Å². The van der Waals surface area contributed by atoms with Gasteiger partial charge in [0.2, 0.25) is 0 Å². The third-order valence-electron chi connectivity index (χ3n) is 2.12. The molecule has 0 aliphatic carbocycles. The molecular formula is C7H14N2O5S. The average molecular weight is 238 g/mol. The lowest BCUT2D eigenvalue weighted by molar-refractivity contribution is -0.146. The Morgan fingerprint density at radius 2 is 2.13 bits per heavy atom. The molecule has 0 aromatic rings. The van der Waals surface area contributed by atoms with E-state index in [9.17, 15) is 13.2 Å². The number of hydrogen-bond donors (Lipinski definition) is 1. The second-order valence-electron chi connectivity index (χ2n) is 3.33. The van der Waals surface area contributed by atoms with Gasteiger partial charge in [-0.3, -0.25) is 4.79 Å². The maximum atomic E-state index is 11.7. The lowest BCUT2D eigenvalue weighted by Crippen LogP contribution is -2.55. The van der Waals surface area contributed by atoms with Crippen LogP contribution in [-0.4, -0.2) is 68.0 Å². The van der Waals surface area contributed by atoms with Crippen LogP contribution in [0.15, 0.2) is 0 Å². The van der Waals surface area contributed by atoms with Crippen LogP contribution in [0.3, 0.4) is 0 Å². The second kappa shape index (κ2) is 4.44. The van der Waals surface area contributed by atoms with Crippen LogP contribution in [-0.2, 0) is 19.7 Å². The molecule has 1 N–H and O–H groups in total. The number of carbonyl (C=O) groups is 1. The summed E-state index contributed by atoms with van der Waals surface area (Å²) < 4.78 is 30.3. The monoisotopic (exact) mass is 238 g/mol. The van der Waals surface area contributed by atoms with Crippen molar-refractivity contribution in [2.24, 2.45) is 0 Å². The fourth-order valence-corrected chi connectivity index (χ4v) is 2.47. The van der Waals surface area contributed by atoms with Gasteiger partial charge in [-0.2, -0.15) is 17.0 Å². The number of carboxylic acid groups (broad SMARTS) is 1. The summed E-state index contributed by atoms with van der Waals surface area (Å²) in [5.41, 5.74) is 0. The molecule has 0 aromatic heterocycles. The van der Waals surface area contributed by atoms with Crippen molar-refractivity contribution < 1.29 is 23.1 Å². The second-order valence-corrected chi connectivity index (χ2v) is 5.42. The molecule has 0 amide bonds. The first-order valence-electron chi connectivity index (χ1n) is 4.37. The lowest BCUT2D eigenvalue weighted by Gasteiger charge is -2.33. The zero-order valence-corrected chi connectivity index (χ0v) is 9.40. The quantitative estimate of drug-likeness (QED) is 0.652. The zero-order valence-electron chi connectivity index (χ0n) is 8.58. The molecule has 7 nitrogen and oxygen atoms in total. The first kappa shape index (κ1) is 12.4. The zero-order chi connectivity index (χ0) is 11.6. The summed E-state index contributed by atoms with van der Waals surface area (Å²) in [7, 11) is -0.959. The van der Waals surface area contributed by atoms with Crippen LogP contribution < -0.4 is 0 Å². The average Bonchev–Trinajstić information content (AvgIpc) is 2.17. The summed E-state index contributed by atoms with van der Waals surface area (Å²) in [5, 5.41) is 8.85. The molecule has 1 fully saturated rings. The number of nitrogens with zero attached hydrogens (tertiary/aromatic N) is 2. The van der Waals surface area contributed by atoms with Crippen molar-refractivity contribution in [1.82, 2.24) is 8.61 Å². The van der Waals surface area contributed by atoms with Crippen molar-refractivity contribution >= 4 is 16.2 Å². The molecule has 0 spiro atoms. The highest BCUT2D eigenvalue weighted by Crippen LogP contribution is 2.14. The minimum Gasteiger partial charge on any atom is -0.480 e. The number of rotatable bonds is 3. The first-order chi connectivity index (χ1) is 6.87. The molecule has 88 valence electrons. The van der Waals surface area contributed by atoms with Crippen LogP contribution in [0.25, 0.3) is 0 Å². The first-order valence-corrected chi connectivity index (χ1v) is 5.77. The summed E-state index contributed by atoms with van der Waals surface area (Å²) in [4.78, 5) is 10.8. The molecule has 1 saturated heterocycles. The van der Waals surface area contributed by atoms with E-state index in [-0.39, 0.29) is 19.8 Å².